The van der Waals surface area contributed by atoms with Crippen LogP contribution in [0.2, 0.25) is 0 Å². The van der Waals surface area contributed by atoms with Crippen molar-refractivity contribution in [3.63, 3.8) is 0 Å². The minimum Gasteiger partial charge on any atom is -0.307 e. The Balaban J connectivity index is 1.60. The monoisotopic (exact) mass is 280 g/mol. The third-order valence-electron chi connectivity index (χ3n) is 3.17. The van der Waals surface area contributed by atoms with Crippen LogP contribution in [-0.2, 0) is 5.75 Å². The molecule has 4 aromatic rings. The van der Waals surface area contributed by atoms with Crippen molar-refractivity contribution in [3.05, 3.63) is 66.9 Å². The molecule has 98 valence electrons. The van der Waals surface area contributed by atoms with E-state index >= 15 is 0 Å². The number of rotatable bonds is 3. The fourth-order valence-electron chi connectivity index (χ4n) is 2.22. The van der Waals surface area contributed by atoms with Gasteiger partial charge < -0.3 is 4.40 Å². The van der Waals surface area contributed by atoms with Crippen molar-refractivity contribution in [3.8, 4) is 0 Å². The van der Waals surface area contributed by atoms with Gasteiger partial charge in [-0.15, -0.1) is 0 Å². The van der Waals surface area contributed by atoms with E-state index in [1.807, 2.05) is 53.3 Å². The maximum absolute atomic E-state index is 4.60. The van der Waals surface area contributed by atoms with E-state index in [-0.39, 0.29) is 0 Å². The van der Waals surface area contributed by atoms with Crippen molar-refractivity contribution in [2.24, 2.45) is 0 Å². The molecule has 0 unspecified atom stereocenters. The zero-order valence-electron chi connectivity index (χ0n) is 10.7. The first-order chi connectivity index (χ1) is 9.90. The van der Waals surface area contributed by atoms with Crippen LogP contribution in [0, 0.1) is 0 Å². The molecule has 0 bridgehead atoms. The van der Waals surface area contributed by atoms with Gasteiger partial charge in [0.1, 0.15) is 5.65 Å². The summed E-state index contributed by atoms with van der Waals surface area (Å²) in [5.74, 6) is 0.815. The van der Waals surface area contributed by atoms with Gasteiger partial charge in [0.05, 0.1) is 17.4 Å². The number of aromatic nitrogens is 4. The summed E-state index contributed by atoms with van der Waals surface area (Å²) in [4.78, 5) is 9.05. The minimum absolute atomic E-state index is 0.815. The summed E-state index contributed by atoms with van der Waals surface area (Å²) in [6.07, 6.45) is 8.01. The number of imidazole rings is 2. The minimum atomic E-state index is 0.815. The van der Waals surface area contributed by atoms with Crippen molar-refractivity contribution in [2.75, 3.05) is 0 Å². The van der Waals surface area contributed by atoms with Gasteiger partial charge in [0.2, 0.25) is 0 Å². The highest BCUT2D eigenvalue weighted by Crippen LogP contribution is 2.22. The largest absolute Gasteiger partial charge is 0.307 e. The van der Waals surface area contributed by atoms with Crippen LogP contribution in [0.5, 0.6) is 0 Å². The average molecular weight is 280 g/mol. The molecule has 0 aromatic carbocycles. The molecule has 0 fully saturated rings. The lowest BCUT2D eigenvalue weighted by atomic mass is 10.4. The molecule has 5 heteroatoms. The van der Waals surface area contributed by atoms with E-state index in [1.54, 1.807) is 11.8 Å². The first-order valence-electron chi connectivity index (χ1n) is 6.38. The molecular formula is C15H12N4S. The molecule has 4 rings (SSSR count). The first-order valence-corrected chi connectivity index (χ1v) is 7.36. The van der Waals surface area contributed by atoms with Gasteiger partial charge >= 0.3 is 0 Å². The fourth-order valence-corrected chi connectivity index (χ4v) is 3.07. The molecule has 4 nitrogen and oxygen atoms in total. The molecule has 0 amide bonds. The highest BCUT2D eigenvalue weighted by molar-refractivity contribution is 7.98. The van der Waals surface area contributed by atoms with Crippen molar-refractivity contribution in [2.45, 2.75) is 10.9 Å². The first kappa shape index (κ1) is 11.5. The molecule has 0 saturated heterocycles. The van der Waals surface area contributed by atoms with Gasteiger partial charge in [-0.3, -0.25) is 4.40 Å². The van der Waals surface area contributed by atoms with Gasteiger partial charge in [-0.25, -0.2) is 9.97 Å². The molecule has 4 heterocycles. The summed E-state index contributed by atoms with van der Waals surface area (Å²) in [6, 6.07) is 12.1. The molecule has 0 aliphatic heterocycles. The van der Waals surface area contributed by atoms with Gasteiger partial charge in [-0.05, 0) is 24.3 Å². The third kappa shape index (κ3) is 1.96. The van der Waals surface area contributed by atoms with E-state index in [0.717, 1.165) is 27.8 Å². The van der Waals surface area contributed by atoms with Crippen molar-refractivity contribution >= 4 is 22.9 Å². The topological polar surface area (TPSA) is 34.6 Å². The fraction of sp³-hybridized carbons (Fsp3) is 0.0667. The molecule has 0 atom stereocenters. The van der Waals surface area contributed by atoms with Crippen molar-refractivity contribution in [1.82, 2.24) is 18.8 Å². The van der Waals surface area contributed by atoms with E-state index in [1.165, 1.54) is 0 Å². The number of hydrogen-bond donors (Lipinski definition) is 0. The van der Waals surface area contributed by atoms with Crippen LogP contribution in [-0.4, -0.2) is 18.8 Å². The van der Waals surface area contributed by atoms with Crippen LogP contribution < -0.4 is 0 Å². The standard InChI is InChI=1S/C15H12N4S/c1-4-8-19-13(5-1)9-16-15(19)20-11-12-10-18-7-3-2-6-14(18)17-12/h1-10H,11H2. The van der Waals surface area contributed by atoms with Crippen LogP contribution in [0.15, 0.2) is 66.3 Å². The average Bonchev–Trinajstić information content (AvgIpc) is 3.08. The predicted octanol–water partition coefficient (Wildman–Crippen LogP) is 3.27. The second-order valence-corrected chi connectivity index (χ2v) is 5.47. The number of fused-ring (bicyclic) bond motifs is 2. The summed E-state index contributed by atoms with van der Waals surface area (Å²) >= 11 is 1.70. The summed E-state index contributed by atoms with van der Waals surface area (Å²) in [5, 5.41) is 0.998. The zero-order chi connectivity index (χ0) is 13.4. The Kier molecular flexibility index (Phi) is 2.70. The van der Waals surface area contributed by atoms with Gasteiger partial charge in [-0.1, -0.05) is 23.9 Å². The maximum atomic E-state index is 4.60. The molecule has 0 aliphatic rings. The highest BCUT2D eigenvalue weighted by Gasteiger charge is 2.06. The number of thioether (sulfide) groups is 1. The van der Waals surface area contributed by atoms with Crippen LogP contribution in [0.25, 0.3) is 11.2 Å². The lowest BCUT2D eigenvalue weighted by Gasteiger charge is -1.98. The Morgan fingerprint density at radius 2 is 1.95 bits per heavy atom. The summed E-state index contributed by atoms with van der Waals surface area (Å²) in [5.41, 5.74) is 3.16. The van der Waals surface area contributed by atoms with E-state index in [0.29, 0.717) is 0 Å². The molecular weight excluding hydrogens is 268 g/mol. The number of nitrogens with zero attached hydrogens (tertiary/aromatic N) is 4. The van der Waals surface area contributed by atoms with Crippen molar-refractivity contribution in [1.29, 1.82) is 0 Å². The van der Waals surface area contributed by atoms with E-state index in [9.17, 15) is 0 Å². The second kappa shape index (κ2) is 4.68. The van der Waals surface area contributed by atoms with Gasteiger partial charge in [-0.2, -0.15) is 0 Å². The Morgan fingerprint density at radius 3 is 2.90 bits per heavy atom. The molecule has 0 spiro atoms. The molecule has 0 saturated carbocycles. The molecule has 0 radical (unpaired) electrons. The number of pyridine rings is 2. The predicted molar refractivity (Wildman–Crippen MR) is 79.9 cm³/mol. The van der Waals surface area contributed by atoms with Crippen LogP contribution >= 0.6 is 11.8 Å². The van der Waals surface area contributed by atoms with Gasteiger partial charge in [0, 0.05) is 24.3 Å². The van der Waals surface area contributed by atoms with Crippen LogP contribution in [0.1, 0.15) is 5.69 Å². The Labute approximate surface area is 120 Å². The Morgan fingerprint density at radius 1 is 1.05 bits per heavy atom. The van der Waals surface area contributed by atoms with Crippen molar-refractivity contribution < 1.29 is 0 Å². The van der Waals surface area contributed by atoms with E-state index in [4.69, 9.17) is 0 Å². The summed E-state index contributed by atoms with van der Waals surface area (Å²) in [7, 11) is 0. The molecule has 0 aliphatic carbocycles. The smallest absolute Gasteiger partial charge is 0.172 e. The normalized spacial score (nSPS) is 11.4. The van der Waals surface area contributed by atoms with Gasteiger partial charge in [0.15, 0.2) is 5.16 Å². The molecule has 0 N–H and O–H groups in total. The molecule has 4 aromatic heterocycles. The lowest BCUT2D eigenvalue weighted by molar-refractivity contribution is 0.956. The van der Waals surface area contributed by atoms with E-state index < -0.39 is 0 Å². The SMILES string of the molecule is c1ccn2cc(CSc3ncc4ccccn34)nc2c1. The third-order valence-corrected chi connectivity index (χ3v) is 4.17. The van der Waals surface area contributed by atoms with Gasteiger partial charge in [0.25, 0.3) is 0 Å². The zero-order valence-corrected chi connectivity index (χ0v) is 11.5. The highest BCUT2D eigenvalue weighted by atomic mass is 32.2. The lowest BCUT2D eigenvalue weighted by Crippen LogP contribution is -1.87. The van der Waals surface area contributed by atoms with Crippen LogP contribution in [0.3, 0.4) is 0 Å². The summed E-state index contributed by atoms with van der Waals surface area (Å²) in [6.45, 7) is 0. The Bertz CT molecular complexity index is 844. The number of hydrogen-bond acceptors (Lipinski definition) is 3. The maximum Gasteiger partial charge on any atom is 0.172 e. The Hall–Kier alpha value is -2.27. The second-order valence-electron chi connectivity index (χ2n) is 4.52. The molecule has 20 heavy (non-hydrogen) atoms. The quantitative estimate of drug-likeness (QED) is 0.540. The van der Waals surface area contributed by atoms with Crippen LogP contribution in [0.4, 0.5) is 0 Å². The van der Waals surface area contributed by atoms with E-state index in [2.05, 4.69) is 26.6 Å². The summed E-state index contributed by atoms with van der Waals surface area (Å²) < 4.78 is 4.14.